The molecule has 1 amide bonds. The van der Waals surface area contributed by atoms with Gasteiger partial charge in [0.15, 0.2) is 0 Å². The normalized spacial score (nSPS) is 10.6. The highest BCUT2D eigenvalue weighted by molar-refractivity contribution is 5.77. The Hall–Kier alpha value is -0.730. The lowest BCUT2D eigenvalue weighted by Crippen LogP contribution is -2.30. The van der Waals surface area contributed by atoms with Crippen LogP contribution in [-0.4, -0.2) is 71.9 Å². The van der Waals surface area contributed by atoms with Crippen molar-refractivity contribution in [1.29, 1.82) is 0 Å². The molecular weight excluding hydrogens is 252 g/mol. The molecule has 0 rings (SSSR count). The molecule has 0 saturated heterocycles. The largest absolute Gasteiger partial charge is 0.378 e. The van der Waals surface area contributed by atoms with Crippen molar-refractivity contribution in [3.8, 4) is 0 Å². The van der Waals surface area contributed by atoms with Gasteiger partial charge in [0.25, 0.3) is 0 Å². The molecular formula is C12H26N2O5. The van der Waals surface area contributed by atoms with Gasteiger partial charge in [-0.25, -0.2) is 0 Å². The van der Waals surface area contributed by atoms with Gasteiger partial charge in [-0.1, -0.05) is 0 Å². The lowest BCUT2D eigenvalue weighted by Gasteiger charge is -2.07. The molecule has 0 bridgehead atoms. The van der Waals surface area contributed by atoms with E-state index in [-0.39, 0.29) is 12.5 Å². The van der Waals surface area contributed by atoms with Crippen LogP contribution in [0.15, 0.2) is 0 Å². The Morgan fingerprint density at radius 2 is 1.53 bits per heavy atom. The minimum absolute atomic E-state index is 0.0996. The standard InChI is InChI=1S/C12H26N2O5/c1-2-16-11-12(15)14-4-6-18-8-10-19-9-7-17-5-3-13/h2-11,13H2,1H3,(H,14,15). The maximum Gasteiger partial charge on any atom is 0.246 e. The predicted molar refractivity (Wildman–Crippen MR) is 71.0 cm³/mol. The van der Waals surface area contributed by atoms with E-state index in [1.807, 2.05) is 6.92 Å². The number of carbonyl (C=O) groups is 1. The quantitative estimate of drug-likeness (QED) is 0.402. The van der Waals surface area contributed by atoms with E-state index in [1.165, 1.54) is 0 Å². The third kappa shape index (κ3) is 15.2. The SMILES string of the molecule is CCOCC(=O)NCCOCCOCCOCCN. The smallest absolute Gasteiger partial charge is 0.246 e. The van der Waals surface area contributed by atoms with Gasteiger partial charge in [-0.3, -0.25) is 4.79 Å². The summed E-state index contributed by atoms with van der Waals surface area (Å²) in [5.74, 6) is -0.126. The van der Waals surface area contributed by atoms with Crippen molar-refractivity contribution in [1.82, 2.24) is 5.32 Å². The third-order valence-corrected chi connectivity index (χ3v) is 2.01. The van der Waals surface area contributed by atoms with Gasteiger partial charge in [-0.2, -0.15) is 0 Å². The summed E-state index contributed by atoms with van der Waals surface area (Å²) < 4.78 is 20.6. The second-order valence-electron chi connectivity index (χ2n) is 3.61. The number of ether oxygens (including phenoxy) is 4. The number of amides is 1. The van der Waals surface area contributed by atoms with Crippen LogP contribution < -0.4 is 11.1 Å². The molecule has 0 aromatic heterocycles. The zero-order valence-electron chi connectivity index (χ0n) is 11.7. The Morgan fingerprint density at radius 1 is 0.947 bits per heavy atom. The third-order valence-electron chi connectivity index (χ3n) is 2.01. The first-order chi connectivity index (χ1) is 9.31. The molecule has 114 valence electrons. The summed E-state index contributed by atoms with van der Waals surface area (Å²) in [6, 6.07) is 0. The van der Waals surface area contributed by atoms with E-state index in [9.17, 15) is 4.79 Å². The predicted octanol–water partition coefficient (Wildman–Crippen LogP) is -0.852. The number of rotatable bonds is 14. The topological polar surface area (TPSA) is 92.0 Å². The molecule has 7 nitrogen and oxygen atoms in total. The van der Waals surface area contributed by atoms with Crippen molar-refractivity contribution in [2.24, 2.45) is 5.73 Å². The molecule has 0 spiro atoms. The molecule has 3 N–H and O–H groups in total. The minimum atomic E-state index is -0.126. The molecule has 0 radical (unpaired) electrons. The molecule has 0 aliphatic carbocycles. The van der Waals surface area contributed by atoms with Gasteiger partial charge in [0, 0.05) is 19.7 Å². The molecule has 0 saturated carbocycles. The number of carbonyl (C=O) groups excluding carboxylic acids is 1. The van der Waals surface area contributed by atoms with Crippen LogP contribution in [0.4, 0.5) is 0 Å². The summed E-state index contributed by atoms with van der Waals surface area (Å²) in [4.78, 5) is 11.1. The summed E-state index contributed by atoms with van der Waals surface area (Å²) in [6.45, 7) is 6.60. The molecule has 0 atom stereocenters. The van der Waals surface area contributed by atoms with Gasteiger partial charge in [-0.15, -0.1) is 0 Å². The van der Waals surface area contributed by atoms with E-state index in [2.05, 4.69) is 5.32 Å². The van der Waals surface area contributed by atoms with E-state index in [1.54, 1.807) is 0 Å². The molecule has 19 heavy (non-hydrogen) atoms. The molecule has 0 heterocycles. The number of nitrogens with two attached hydrogens (primary N) is 1. The Labute approximate surface area is 114 Å². The van der Waals surface area contributed by atoms with E-state index < -0.39 is 0 Å². The second-order valence-corrected chi connectivity index (χ2v) is 3.61. The lowest BCUT2D eigenvalue weighted by atomic mass is 10.6. The molecule has 0 aromatic rings. The van der Waals surface area contributed by atoms with Crippen LogP contribution in [0.2, 0.25) is 0 Å². The van der Waals surface area contributed by atoms with Crippen molar-refractivity contribution in [2.45, 2.75) is 6.92 Å². The van der Waals surface area contributed by atoms with Gasteiger partial charge in [-0.05, 0) is 6.92 Å². The van der Waals surface area contributed by atoms with Crippen molar-refractivity contribution < 1.29 is 23.7 Å². The van der Waals surface area contributed by atoms with E-state index in [0.29, 0.717) is 59.3 Å². The fourth-order valence-electron chi connectivity index (χ4n) is 1.13. The summed E-state index contributed by atoms with van der Waals surface area (Å²) in [5, 5.41) is 2.68. The summed E-state index contributed by atoms with van der Waals surface area (Å²) in [6.07, 6.45) is 0. The van der Waals surface area contributed by atoms with E-state index in [4.69, 9.17) is 24.7 Å². The van der Waals surface area contributed by atoms with Gasteiger partial charge in [0.2, 0.25) is 5.91 Å². The van der Waals surface area contributed by atoms with Crippen LogP contribution in [0.3, 0.4) is 0 Å². The van der Waals surface area contributed by atoms with Crippen LogP contribution in [0.5, 0.6) is 0 Å². The number of hydrogen-bond donors (Lipinski definition) is 2. The van der Waals surface area contributed by atoms with Crippen molar-refractivity contribution in [2.75, 3.05) is 65.9 Å². The zero-order chi connectivity index (χ0) is 14.2. The Bertz CT molecular complexity index is 205. The number of nitrogens with one attached hydrogen (secondary N) is 1. The summed E-state index contributed by atoms with van der Waals surface area (Å²) in [7, 11) is 0. The van der Waals surface area contributed by atoms with E-state index in [0.717, 1.165) is 0 Å². The summed E-state index contributed by atoms with van der Waals surface area (Å²) >= 11 is 0. The monoisotopic (exact) mass is 278 g/mol. The Morgan fingerprint density at radius 3 is 2.11 bits per heavy atom. The van der Waals surface area contributed by atoms with Crippen LogP contribution in [-0.2, 0) is 23.7 Å². The van der Waals surface area contributed by atoms with Crippen molar-refractivity contribution in [3.05, 3.63) is 0 Å². The average molecular weight is 278 g/mol. The maximum absolute atomic E-state index is 11.1. The highest BCUT2D eigenvalue weighted by Gasteiger charge is 1.98. The lowest BCUT2D eigenvalue weighted by molar-refractivity contribution is -0.125. The molecule has 0 fully saturated rings. The minimum Gasteiger partial charge on any atom is -0.378 e. The highest BCUT2D eigenvalue weighted by atomic mass is 16.5. The van der Waals surface area contributed by atoms with Gasteiger partial charge < -0.3 is 30.0 Å². The molecule has 0 aliphatic rings. The molecule has 0 aliphatic heterocycles. The fraction of sp³-hybridized carbons (Fsp3) is 0.917. The fourth-order valence-corrected chi connectivity index (χ4v) is 1.13. The Kier molecular flexibility index (Phi) is 14.7. The van der Waals surface area contributed by atoms with Crippen molar-refractivity contribution >= 4 is 5.91 Å². The van der Waals surface area contributed by atoms with Gasteiger partial charge in [0.1, 0.15) is 6.61 Å². The summed E-state index contributed by atoms with van der Waals surface area (Å²) in [5.41, 5.74) is 5.26. The van der Waals surface area contributed by atoms with Gasteiger partial charge >= 0.3 is 0 Å². The van der Waals surface area contributed by atoms with Crippen LogP contribution in [0.1, 0.15) is 6.92 Å². The molecule has 0 unspecified atom stereocenters. The first-order valence-electron chi connectivity index (χ1n) is 6.59. The molecule has 0 aromatic carbocycles. The first kappa shape index (κ1) is 18.3. The molecule has 7 heteroatoms. The highest BCUT2D eigenvalue weighted by Crippen LogP contribution is 1.81. The second kappa shape index (κ2) is 15.3. The number of hydrogen-bond acceptors (Lipinski definition) is 6. The van der Waals surface area contributed by atoms with Crippen molar-refractivity contribution in [3.63, 3.8) is 0 Å². The van der Waals surface area contributed by atoms with Gasteiger partial charge in [0.05, 0.1) is 39.6 Å². The van der Waals surface area contributed by atoms with E-state index >= 15 is 0 Å². The average Bonchev–Trinajstić information content (AvgIpc) is 2.42. The zero-order valence-corrected chi connectivity index (χ0v) is 11.7. The van der Waals surface area contributed by atoms with Crippen LogP contribution in [0.25, 0.3) is 0 Å². The Balaban J connectivity index is 3.04. The van der Waals surface area contributed by atoms with Crippen LogP contribution in [0, 0.1) is 0 Å². The first-order valence-corrected chi connectivity index (χ1v) is 6.59. The maximum atomic E-state index is 11.1. The van der Waals surface area contributed by atoms with Crippen LogP contribution >= 0.6 is 0 Å².